The van der Waals surface area contributed by atoms with E-state index in [1.54, 1.807) is 18.4 Å². The second-order valence-corrected chi connectivity index (χ2v) is 6.50. The first-order valence-electron chi connectivity index (χ1n) is 6.91. The number of methoxy groups -OCH3 is 1. The Morgan fingerprint density at radius 2 is 1.95 bits per heavy atom. The minimum absolute atomic E-state index is 0. The summed E-state index contributed by atoms with van der Waals surface area (Å²) in [6, 6.07) is 12.1. The van der Waals surface area contributed by atoms with Gasteiger partial charge < -0.3 is 15.8 Å². The van der Waals surface area contributed by atoms with Crippen LogP contribution in [-0.4, -0.2) is 18.6 Å². The van der Waals surface area contributed by atoms with Crippen molar-refractivity contribution in [3.8, 4) is 16.2 Å². The fraction of sp³-hybridized carbons (Fsp3) is 0.312. The second-order valence-electron chi connectivity index (χ2n) is 5.33. The van der Waals surface area contributed by atoms with Crippen molar-refractivity contribution in [3.05, 3.63) is 41.3 Å². The van der Waals surface area contributed by atoms with Crippen LogP contribution in [0.15, 0.2) is 36.4 Å². The summed E-state index contributed by atoms with van der Waals surface area (Å²) in [5, 5.41) is 2.91. The molecule has 0 spiro atoms. The molecule has 6 heteroatoms. The molecule has 22 heavy (non-hydrogen) atoms. The Labute approximate surface area is 140 Å². The molecule has 1 amide bonds. The first kappa shape index (κ1) is 16.8. The standard InChI is InChI=1S/C16H18N2O2S.ClH/c1-20-12-4-2-11(3-5-12)14-7-6-13(21-14)10-18-15(19)16(17)8-9-16;/h2-7H,8-10,17H2,1H3,(H,18,19);1H. The molecule has 1 aromatic heterocycles. The van der Waals surface area contributed by atoms with Gasteiger partial charge >= 0.3 is 0 Å². The van der Waals surface area contributed by atoms with Crippen molar-refractivity contribution in [1.82, 2.24) is 5.32 Å². The number of nitrogens with one attached hydrogen (secondary N) is 1. The quantitative estimate of drug-likeness (QED) is 0.881. The highest BCUT2D eigenvalue weighted by Gasteiger charge is 2.45. The van der Waals surface area contributed by atoms with Crippen LogP contribution in [-0.2, 0) is 11.3 Å². The number of hydrogen-bond acceptors (Lipinski definition) is 4. The van der Waals surface area contributed by atoms with Gasteiger partial charge in [0.2, 0.25) is 5.91 Å². The predicted molar refractivity (Wildman–Crippen MR) is 91.6 cm³/mol. The van der Waals surface area contributed by atoms with E-state index in [0.29, 0.717) is 6.54 Å². The first-order valence-corrected chi connectivity index (χ1v) is 7.73. The van der Waals surface area contributed by atoms with Crippen LogP contribution in [0.3, 0.4) is 0 Å². The van der Waals surface area contributed by atoms with Gasteiger partial charge in [0.25, 0.3) is 0 Å². The van der Waals surface area contributed by atoms with Gasteiger partial charge in [-0.15, -0.1) is 23.7 Å². The Bertz CT molecular complexity index is 650. The summed E-state index contributed by atoms with van der Waals surface area (Å²) in [6.07, 6.45) is 1.58. The Hall–Kier alpha value is -1.56. The van der Waals surface area contributed by atoms with Crippen LogP contribution in [0.1, 0.15) is 17.7 Å². The molecule has 0 bridgehead atoms. The highest BCUT2D eigenvalue weighted by atomic mass is 35.5. The molecule has 1 heterocycles. The summed E-state index contributed by atoms with van der Waals surface area (Å²) in [5.41, 5.74) is 6.41. The molecule has 1 fully saturated rings. The number of ether oxygens (including phenoxy) is 1. The lowest BCUT2D eigenvalue weighted by molar-refractivity contribution is -0.123. The van der Waals surface area contributed by atoms with Crippen LogP contribution in [0, 0.1) is 0 Å². The molecule has 1 saturated carbocycles. The van der Waals surface area contributed by atoms with E-state index >= 15 is 0 Å². The van der Waals surface area contributed by atoms with Gasteiger partial charge in [0.1, 0.15) is 5.75 Å². The van der Waals surface area contributed by atoms with E-state index in [2.05, 4.69) is 11.4 Å². The SMILES string of the molecule is COc1ccc(-c2ccc(CNC(=O)C3(N)CC3)s2)cc1.Cl. The number of thiophene rings is 1. The van der Waals surface area contributed by atoms with Crippen LogP contribution in [0.25, 0.3) is 10.4 Å². The maximum Gasteiger partial charge on any atom is 0.240 e. The van der Waals surface area contributed by atoms with E-state index in [1.807, 2.05) is 30.3 Å². The first-order chi connectivity index (χ1) is 10.1. The molecule has 1 aromatic carbocycles. The van der Waals surface area contributed by atoms with Crippen molar-refractivity contribution in [2.75, 3.05) is 7.11 Å². The third-order valence-corrected chi connectivity index (χ3v) is 4.83. The summed E-state index contributed by atoms with van der Waals surface area (Å²) in [6.45, 7) is 0.540. The van der Waals surface area contributed by atoms with E-state index in [1.165, 1.54) is 4.88 Å². The molecule has 1 aliphatic carbocycles. The third kappa shape index (κ3) is 3.61. The number of halogens is 1. The Morgan fingerprint density at radius 1 is 1.27 bits per heavy atom. The van der Waals surface area contributed by atoms with Gasteiger partial charge in [-0.25, -0.2) is 0 Å². The molecule has 0 saturated heterocycles. The lowest BCUT2D eigenvalue weighted by Gasteiger charge is -2.08. The largest absolute Gasteiger partial charge is 0.497 e. The number of carbonyl (C=O) groups is 1. The predicted octanol–water partition coefficient (Wildman–Crippen LogP) is 2.95. The van der Waals surface area contributed by atoms with E-state index in [-0.39, 0.29) is 18.3 Å². The van der Waals surface area contributed by atoms with E-state index in [0.717, 1.165) is 29.0 Å². The van der Waals surface area contributed by atoms with Gasteiger partial charge in [0, 0.05) is 9.75 Å². The number of benzene rings is 1. The zero-order valence-electron chi connectivity index (χ0n) is 12.3. The van der Waals surface area contributed by atoms with Gasteiger partial charge in [0.05, 0.1) is 19.2 Å². The maximum absolute atomic E-state index is 11.8. The summed E-state index contributed by atoms with van der Waals surface area (Å²) in [5.74, 6) is 0.808. The van der Waals surface area contributed by atoms with Crippen LogP contribution in [0.2, 0.25) is 0 Å². The number of amides is 1. The van der Waals surface area contributed by atoms with Crippen molar-refractivity contribution < 1.29 is 9.53 Å². The summed E-state index contributed by atoms with van der Waals surface area (Å²) < 4.78 is 5.16. The fourth-order valence-electron chi connectivity index (χ4n) is 2.09. The van der Waals surface area contributed by atoms with Crippen LogP contribution in [0.4, 0.5) is 0 Å². The molecular weight excluding hydrogens is 320 g/mol. The van der Waals surface area contributed by atoms with Gasteiger partial charge in [-0.2, -0.15) is 0 Å². The zero-order chi connectivity index (χ0) is 14.9. The van der Waals surface area contributed by atoms with Crippen LogP contribution in [0.5, 0.6) is 5.75 Å². The minimum Gasteiger partial charge on any atom is -0.497 e. The van der Waals surface area contributed by atoms with Crippen LogP contribution < -0.4 is 15.8 Å². The molecule has 1 aliphatic rings. The zero-order valence-corrected chi connectivity index (χ0v) is 13.9. The molecule has 0 unspecified atom stereocenters. The van der Waals surface area contributed by atoms with Crippen molar-refractivity contribution in [2.24, 2.45) is 5.73 Å². The molecule has 0 aliphatic heterocycles. The van der Waals surface area contributed by atoms with Crippen LogP contribution >= 0.6 is 23.7 Å². The molecule has 3 N–H and O–H groups in total. The lowest BCUT2D eigenvalue weighted by atomic mass is 10.2. The highest BCUT2D eigenvalue weighted by Crippen LogP contribution is 2.33. The third-order valence-electron chi connectivity index (χ3n) is 3.70. The highest BCUT2D eigenvalue weighted by molar-refractivity contribution is 7.15. The van der Waals surface area contributed by atoms with Crippen molar-refractivity contribution in [3.63, 3.8) is 0 Å². The molecular formula is C16H19ClN2O2S. The molecule has 0 atom stereocenters. The average molecular weight is 339 g/mol. The Balaban J connectivity index is 0.00000176. The van der Waals surface area contributed by atoms with Gasteiger partial charge in [-0.1, -0.05) is 0 Å². The summed E-state index contributed by atoms with van der Waals surface area (Å²) >= 11 is 1.68. The van der Waals surface area contributed by atoms with Crippen molar-refractivity contribution in [2.45, 2.75) is 24.9 Å². The molecule has 3 rings (SSSR count). The number of nitrogens with two attached hydrogens (primary N) is 1. The second kappa shape index (κ2) is 6.69. The molecule has 2 aromatic rings. The normalized spacial score (nSPS) is 14.8. The summed E-state index contributed by atoms with van der Waals surface area (Å²) in [7, 11) is 1.66. The lowest BCUT2D eigenvalue weighted by Crippen LogP contribution is -2.42. The molecule has 4 nitrogen and oxygen atoms in total. The fourth-order valence-corrected chi connectivity index (χ4v) is 3.04. The monoisotopic (exact) mass is 338 g/mol. The van der Waals surface area contributed by atoms with E-state index in [9.17, 15) is 4.79 Å². The van der Waals surface area contributed by atoms with Gasteiger partial charge in [-0.05, 0) is 54.8 Å². The molecule has 118 valence electrons. The number of rotatable bonds is 5. The number of carbonyl (C=O) groups excluding carboxylic acids is 1. The summed E-state index contributed by atoms with van der Waals surface area (Å²) in [4.78, 5) is 14.1. The van der Waals surface area contributed by atoms with Gasteiger partial charge in [0.15, 0.2) is 0 Å². The van der Waals surface area contributed by atoms with Crippen molar-refractivity contribution in [1.29, 1.82) is 0 Å². The van der Waals surface area contributed by atoms with Gasteiger partial charge in [-0.3, -0.25) is 4.79 Å². The average Bonchev–Trinajstić information content (AvgIpc) is 3.10. The topological polar surface area (TPSA) is 64.3 Å². The Kier molecular flexibility index (Phi) is 5.11. The van der Waals surface area contributed by atoms with E-state index < -0.39 is 5.54 Å². The maximum atomic E-state index is 11.8. The minimum atomic E-state index is -0.601. The Morgan fingerprint density at radius 3 is 2.55 bits per heavy atom. The molecule has 0 radical (unpaired) electrons. The smallest absolute Gasteiger partial charge is 0.240 e. The van der Waals surface area contributed by atoms with E-state index in [4.69, 9.17) is 10.5 Å². The number of hydrogen-bond donors (Lipinski definition) is 2. The van der Waals surface area contributed by atoms with Crippen molar-refractivity contribution >= 4 is 29.7 Å².